The van der Waals surface area contributed by atoms with Gasteiger partial charge in [-0.25, -0.2) is 8.42 Å². The van der Waals surface area contributed by atoms with E-state index in [0.29, 0.717) is 18.3 Å². The lowest BCUT2D eigenvalue weighted by molar-refractivity contribution is 0.266. The Morgan fingerprint density at radius 2 is 2.00 bits per heavy atom. The van der Waals surface area contributed by atoms with Crippen LogP contribution in [0.25, 0.3) is 0 Å². The Labute approximate surface area is 98.9 Å². The maximum Gasteiger partial charge on any atom is 0.154 e. The van der Waals surface area contributed by atoms with Crippen molar-refractivity contribution in [2.24, 2.45) is 5.92 Å². The summed E-state index contributed by atoms with van der Waals surface area (Å²) in [5.41, 5.74) is 0. The van der Waals surface area contributed by atoms with Crippen LogP contribution in [0, 0.1) is 5.92 Å². The van der Waals surface area contributed by atoms with E-state index in [-0.39, 0.29) is 5.25 Å². The van der Waals surface area contributed by atoms with Crippen LogP contribution in [0.4, 0.5) is 0 Å². The van der Waals surface area contributed by atoms with Crippen molar-refractivity contribution in [1.82, 2.24) is 5.32 Å². The molecule has 1 aliphatic carbocycles. The fraction of sp³-hybridized carbons (Fsp3) is 1.00. The van der Waals surface area contributed by atoms with Gasteiger partial charge in [0.25, 0.3) is 0 Å². The summed E-state index contributed by atoms with van der Waals surface area (Å²) in [4.78, 5) is 0. The molecule has 94 valence electrons. The standard InChI is InChI=1S/C12H23NO2S/c1-10(8-11-4-2-5-11)13-9-12-6-3-7-16(12,14)15/h10-13H,2-9H2,1H3. The van der Waals surface area contributed by atoms with Crippen molar-refractivity contribution in [3.05, 3.63) is 0 Å². The van der Waals surface area contributed by atoms with Gasteiger partial charge >= 0.3 is 0 Å². The summed E-state index contributed by atoms with van der Waals surface area (Å²) in [5.74, 6) is 1.29. The molecule has 0 bridgehead atoms. The van der Waals surface area contributed by atoms with Crippen molar-refractivity contribution in [2.45, 2.75) is 56.7 Å². The molecule has 2 atom stereocenters. The smallest absolute Gasteiger partial charge is 0.154 e. The summed E-state index contributed by atoms with van der Waals surface area (Å²) in [5, 5.41) is 3.29. The van der Waals surface area contributed by atoms with Crippen LogP contribution in [-0.4, -0.2) is 32.0 Å². The molecule has 1 saturated heterocycles. The summed E-state index contributed by atoms with van der Waals surface area (Å²) in [6, 6.07) is 0.473. The van der Waals surface area contributed by atoms with Crippen LogP contribution in [-0.2, 0) is 9.84 Å². The van der Waals surface area contributed by atoms with Gasteiger partial charge in [0, 0.05) is 12.6 Å². The van der Waals surface area contributed by atoms with Gasteiger partial charge in [-0.15, -0.1) is 0 Å². The van der Waals surface area contributed by atoms with Crippen LogP contribution in [0.1, 0.15) is 45.4 Å². The Bertz CT molecular complexity index is 322. The quantitative estimate of drug-likeness (QED) is 0.802. The number of sulfone groups is 1. The van der Waals surface area contributed by atoms with Gasteiger partial charge in [0.15, 0.2) is 9.84 Å². The van der Waals surface area contributed by atoms with Crippen molar-refractivity contribution in [3.63, 3.8) is 0 Å². The normalized spacial score (nSPS) is 31.2. The van der Waals surface area contributed by atoms with E-state index in [1.165, 1.54) is 25.7 Å². The second kappa shape index (κ2) is 5.05. The maximum absolute atomic E-state index is 11.6. The maximum atomic E-state index is 11.6. The Morgan fingerprint density at radius 3 is 2.50 bits per heavy atom. The second-order valence-corrected chi connectivity index (χ2v) is 7.87. The summed E-state index contributed by atoms with van der Waals surface area (Å²) in [6.45, 7) is 2.84. The highest BCUT2D eigenvalue weighted by Gasteiger charge is 2.31. The zero-order valence-corrected chi connectivity index (χ0v) is 10.9. The van der Waals surface area contributed by atoms with E-state index in [4.69, 9.17) is 0 Å². The minimum Gasteiger partial charge on any atom is -0.313 e. The van der Waals surface area contributed by atoms with E-state index < -0.39 is 9.84 Å². The predicted molar refractivity (Wildman–Crippen MR) is 66.2 cm³/mol. The SMILES string of the molecule is CC(CC1CCC1)NCC1CCCS1(=O)=O. The van der Waals surface area contributed by atoms with Crippen molar-refractivity contribution in [3.8, 4) is 0 Å². The molecule has 0 amide bonds. The molecular weight excluding hydrogens is 222 g/mol. The zero-order valence-electron chi connectivity index (χ0n) is 10.1. The summed E-state index contributed by atoms with van der Waals surface area (Å²) in [7, 11) is -2.77. The molecule has 4 heteroatoms. The van der Waals surface area contributed by atoms with Gasteiger partial charge in [0.05, 0.1) is 11.0 Å². The highest BCUT2D eigenvalue weighted by molar-refractivity contribution is 7.92. The molecule has 0 spiro atoms. The minimum atomic E-state index is -2.77. The number of hydrogen-bond donors (Lipinski definition) is 1. The average molecular weight is 245 g/mol. The highest BCUT2D eigenvalue weighted by atomic mass is 32.2. The van der Waals surface area contributed by atoms with Crippen LogP contribution in [0.2, 0.25) is 0 Å². The molecule has 0 radical (unpaired) electrons. The molecule has 2 rings (SSSR count). The van der Waals surface area contributed by atoms with Gasteiger partial charge in [-0.2, -0.15) is 0 Å². The second-order valence-electron chi connectivity index (χ2n) is 5.47. The number of rotatable bonds is 5. The third-order valence-corrected chi connectivity index (χ3v) is 6.34. The van der Waals surface area contributed by atoms with Gasteiger partial charge in [-0.1, -0.05) is 19.3 Å². The lowest BCUT2D eigenvalue weighted by Gasteiger charge is -2.29. The lowest BCUT2D eigenvalue weighted by atomic mass is 9.81. The van der Waals surface area contributed by atoms with Crippen LogP contribution in [0.15, 0.2) is 0 Å². The van der Waals surface area contributed by atoms with Crippen molar-refractivity contribution in [1.29, 1.82) is 0 Å². The zero-order chi connectivity index (χ0) is 11.6. The molecule has 0 aromatic carbocycles. The molecule has 1 heterocycles. The van der Waals surface area contributed by atoms with Gasteiger partial charge in [0.2, 0.25) is 0 Å². The van der Waals surface area contributed by atoms with E-state index in [1.54, 1.807) is 0 Å². The van der Waals surface area contributed by atoms with Crippen molar-refractivity contribution < 1.29 is 8.42 Å². The first-order valence-electron chi connectivity index (χ1n) is 6.53. The number of hydrogen-bond acceptors (Lipinski definition) is 3. The largest absolute Gasteiger partial charge is 0.313 e. The van der Waals surface area contributed by atoms with Crippen LogP contribution >= 0.6 is 0 Å². The fourth-order valence-electron chi connectivity index (χ4n) is 2.73. The molecule has 1 N–H and O–H groups in total. The lowest BCUT2D eigenvalue weighted by Crippen LogP contribution is -2.37. The van der Waals surface area contributed by atoms with Gasteiger partial charge in [-0.3, -0.25) is 0 Å². The number of nitrogens with one attached hydrogen (secondary N) is 1. The Balaban J connectivity index is 1.70. The summed E-state index contributed by atoms with van der Waals surface area (Å²) in [6.07, 6.45) is 7.04. The van der Waals surface area contributed by atoms with Crippen molar-refractivity contribution in [2.75, 3.05) is 12.3 Å². The summed E-state index contributed by atoms with van der Waals surface area (Å²) >= 11 is 0. The van der Waals surface area contributed by atoms with Crippen molar-refractivity contribution >= 4 is 9.84 Å². The van der Waals surface area contributed by atoms with E-state index in [9.17, 15) is 8.42 Å². The van der Waals surface area contributed by atoms with E-state index in [0.717, 1.165) is 18.8 Å². The first-order chi connectivity index (χ1) is 7.58. The molecular formula is C12H23NO2S. The molecule has 2 fully saturated rings. The average Bonchev–Trinajstić information content (AvgIpc) is 2.48. The third kappa shape index (κ3) is 2.98. The monoisotopic (exact) mass is 245 g/mol. The first-order valence-corrected chi connectivity index (χ1v) is 8.24. The minimum absolute atomic E-state index is 0.114. The molecule has 16 heavy (non-hydrogen) atoms. The summed E-state index contributed by atoms with van der Waals surface area (Å²) < 4.78 is 23.2. The highest BCUT2D eigenvalue weighted by Crippen LogP contribution is 2.30. The fourth-order valence-corrected chi connectivity index (χ4v) is 4.51. The molecule has 2 unspecified atom stereocenters. The molecule has 1 aliphatic heterocycles. The predicted octanol–water partition coefficient (Wildman–Crippen LogP) is 1.73. The van der Waals surface area contributed by atoms with Gasteiger partial charge in [0.1, 0.15) is 0 Å². The van der Waals surface area contributed by atoms with Crippen LogP contribution in [0.5, 0.6) is 0 Å². The van der Waals surface area contributed by atoms with Crippen LogP contribution < -0.4 is 5.32 Å². The molecule has 0 aromatic heterocycles. The van der Waals surface area contributed by atoms with Gasteiger partial charge < -0.3 is 5.32 Å². The van der Waals surface area contributed by atoms with E-state index >= 15 is 0 Å². The topological polar surface area (TPSA) is 46.2 Å². The first kappa shape index (κ1) is 12.4. The Morgan fingerprint density at radius 1 is 1.25 bits per heavy atom. The van der Waals surface area contributed by atoms with Crippen LogP contribution in [0.3, 0.4) is 0 Å². The Hall–Kier alpha value is -0.0900. The molecule has 0 aromatic rings. The molecule has 1 saturated carbocycles. The molecule has 3 nitrogen and oxygen atoms in total. The van der Waals surface area contributed by atoms with E-state index in [1.807, 2.05) is 0 Å². The third-order valence-electron chi connectivity index (χ3n) is 4.07. The van der Waals surface area contributed by atoms with E-state index in [2.05, 4.69) is 12.2 Å². The van der Waals surface area contributed by atoms with Gasteiger partial charge in [-0.05, 0) is 32.1 Å². The Kier molecular flexibility index (Phi) is 3.90. The molecule has 2 aliphatic rings.